The maximum absolute atomic E-state index is 11.6. The van der Waals surface area contributed by atoms with Crippen LogP contribution in [0.2, 0.25) is 0 Å². The molecule has 0 spiro atoms. The molecule has 0 bridgehead atoms. The van der Waals surface area contributed by atoms with Crippen molar-refractivity contribution in [2.75, 3.05) is 13.7 Å². The Hall–Kier alpha value is -1.39. The largest absolute Gasteiger partial charge is 0.380 e. The fourth-order valence-electron chi connectivity index (χ4n) is 1.76. The quantitative estimate of drug-likeness (QED) is 0.753. The van der Waals surface area contributed by atoms with Crippen LogP contribution in [0.4, 0.5) is 0 Å². The van der Waals surface area contributed by atoms with E-state index in [1.54, 1.807) is 7.11 Å². The third kappa shape index (κ3) is 5.85. The highest BCUT2D eigenvalue weighted by molar-refractivity contribution is 5.78. The van der Waals surface area contributed by atoms with Crippen molar-refractivity contribution in [3.63, 3.8) is 0 Å². The Kier molecular flexibility index (Phi) is 7.15. The van der Waals surface area contributed by atoms with Gasteiger partial charge in [0, 0.05) is 19.7 Å². The van der Waals surface area contributed by atoms with E-state index in [0.717, 1.165) is 12.0 Å². The lowest BCUT2D eigenvalue weighted by Gasteiger charge is -2.13. The van der Waals surface area contributed by atoms with Gasteiger partial charge in [0.25, 0.3) is 0 Å². The van der Waals surface area contributed by atoms with Crippen LogP contribution in [0.5, 0.6) is 0 Å². The van der Waals surface area contributed by atoms with Crippen LogP contribution in [0.3, 0.4) is 0 Å². The first kappa shape index (κ1) is 15.7. The lowest BCUT2D eigenvalue weighted by molar-refractivity contribution is -0.120. The predicted molar refractivity (Wildman–Crippen MR) is 76.8 cm³/mol. The zero-order chi connectivity index (χ0) is 14.1. The summed E-state index contributed by atoms with van der Waals surface area (Å²) in [6.45, 7) is 5.67. The molecule has 2 N–H and O–H groups in total. The van der Waals surface area contributed by atoms with Gasteiger partial charge in [-0.25, -0.2) is 0 Å². The zero-order valence-electron chi connectivity index (χ0n) is 12.0. The van der Waals surface area contributed by atoms with Gasteiger partial charge < -0.3 is 15.4 Å². The summed E-state index contributed by atoms with van der Waals surface area (Å²) < 4.78 is 5.16. The minimum atomic E-state index is 0.0403. The van der Waals surface area contributed by atoms with E-state index < -0.39 is 0 Å². The minimum absolute atomic E-state index is 0.0403. The van der Waals surface area contributed by atoms with E-state index in [-0.39, 0.29) is 11.9 Å². The Morgan fingerprint density at radius 3 is 2.63 bits per heavy atom. The smallest absolute Gasteiger partial charge is 0.234 e. The van der Waals surface area contributed by atoms with Crippen LogP contribution in [0.15, 0.2) is 24.3 Å². The molecule has 0 aliphatic heterocycles. The van der Waals surface area contributed by atoms with E-state index >= 15 is 0 Å². The van der Waals surface area contributed by atoms with Gasteiger partial charge in [-0.2, -0.15) is 0 Å². The normalized spacial score (nSPS) is 12.2. The van der Waals surface area contributed by atoms with E-state index in [4.69, 9.17) is 4.74 Å². The Morgan fingerprint density at radius 2 is 2.00 bits per heavy atom. The van der Waals surface area contributed by atoms with Crippen molar-refractivity contribution in [2.45, 2.75) is 39.5 Å². The molecule has 1 aromatic rings. The van der Waals surface area contributed by atoms with Crippen LogP contribution in [0.25, 0.3) is 0 Å². The molecule has 4 heteroatoms. The Bertz CT molecular complexity index is 393. The number of benzene rings is 1. The molecule has 0 aliphatic carbocycles. The molecule has 0 saturated carbocycles. The molecule has 1 rings (SSSR count). The maximum Gasteiger partial charge on any atom is 0.234 e. The van der Waals surface area contributed by atoms with E-state index in [1.165, 1.54) is 5.56 Å². The standard InChI is InChI=1S/C15H24N2O2/c1-4-12(2)17-15(18)10-16-9-13-7-5-6-8-14(13)11-19-3/h5-8,12,16H,4,9-11H2,1-3H3,(H,17,18). The van der Waals surface area contributed by atoms with Crippen molar-refractivity contribution in [1.29, 1.82) is 0 Å². The molecule has 0 aromatic heterocycles. The number of carbonyl (C=O) groups is 1. The first-order chi connectivity index (χ1) is 9.17. The van der Waals surface area contributed by atoms with Crippen LogP contribution >= 0.6 is 0 Å². The summed E-state index contributed by atoms with van der Waals surface area (Å²) in [6, 6.07) is 8.31. The highest BCUT2D eigenvalue weighted by Gasteiger charge is 2.06. The summed E-state index contributed by atoms with van der Waals surface area (Å²) in [4.78, 5) is 11.6. The molecular weight excluding hydrogens is 240 g/mol. The first-order valence-electron chi connectivity index (χ1n) is 6.73. The monoisotopic (exact) mass is 264 g/mol. The summed E-state index contributed by atoms with van der Waals surface area (Å²) in [5.74, 6) is 0.0403. The highest BCUT2D eigenvalue weighted by atomic mass is 16.5. The molecule has 1 aromatic carbocycles. The van der Waals surface area contributed by atoms with Gasteiger partial charge in [-0.15, -0.1) is 0 Å². The van der Waals surface area contributed by atoms with Crippen molar-refractivity contribution in [2.24, 2.45) is 0 Å². The molecule has 0 saturated heterocycles. The van der Waals surface area contributed by atoms with Crippen LogP contribution in [0, 0.1) is 0 Å². The molecule has 4 nitrogen and oxygen atoms in total. The molecule has 0 radical (unpaired) electrons. The average Bonchev–Trinajstić information content (AvgIpc) is 2.41. The Morgan fingerprint density at radius 1 is 1.32 bits per heavy atom. The van der Waals surface area contributed by atoms with Crippen molar-refractivity contribution in [3.05, 3.63) is 35.4 Å². The highest BCUT2D eigenvalue weighted by Crippen LogP contribution is 2.09. The summed E-state index contributed by atoms with van der Waals surface area (Å²) in [5.41, 5.74) is 2.32. The van der Waals surface area contributed by atoms with E-state index in [2.05, 4.69) is 17.6 Å². The third-order valence-corrected chi connectivity index (χ3v) is 3.04. The van der Waals surface area contributed by atoms with Crippen LogP contribution in [-0.4, -0.2) is 25.6 Å². The SMILES string of the molecule is CCC(C)NC(=O)CNCc1ccccc1COC. The van der Waals surface area contributed by atoms with Gasteiger partial charge in [-0.1, -0.05) is 31.2 Å². The topological polar surface area (TPSA) is 50.4 Å². The molecule has 0 heterocycles. The minimum Gasteiger partial charge on any atom is -0.380 e. The van der Waals surface area contributed by atoms with Crippen LogP contribution in [-0.2, 0) is 22.7 Å². The first-order valence-corrected chi connectivity index (χ1v) is 6.73. The molecule has 1 unspecified atom stereocenters. The molecule has 0 fully saturated rings. The number of hydrogen-bond acceptors (Lipinski definition) is 3. The van der Waals surface area contributed by atoms with Gasteiger partial charge in [-0.3, -0.25) is 4.79 Å². The maximum atomic E-state index is 11.6. The predicted octanol–water partition coefficient (Wildman–Crippen LogP) is 1.84. The van der Waals surface area contributed by atoms with Crippen molar-refractivity contribution >= 4 is 5.91 Å². The molecule has 106 valence electrons. The number of amides is 1. The molecule has 1 amide bonds. The summed E-state index contributed by atoms with van der Waals surface area (Å²) in [7, 11) is 1.68. The van der Waals surface area contributed by atoms with Gasteiger partial charge in [0.2, 0.25) is 5.91 Å². The van der Waals surface area contributed by atoms with Gasteiger partial charge in [0.05, 0.1) is 13.2 Å². The molecule has 19 heavy (non-hydrogen) atoms. The zero-order valence-corrected chi connectivity index (χ0v) is 12.0. The summed E-state index contributed by atoms with van der Waals surface area (Å²) in [5, 5.41) is 6.09. The van der Waals surface area contributed by atoms with Crippen molar-refractivity contribution in [3.8, 4) is 0 Å². The summed E-state index contributed by atoms with van der Waals surface area (Å²) >= 11 is 0. The lowest BCUT2D eigenvalue weighted by atomic mass is 10.1. The second-order valence-electron chi connectivity index (χ2n) is 4.68. The average molecular weight is 264 g/mol. The van der Waals surface area contributed by atoms with Gasteiger partial charge in [-0.05, 0) is 24.5 Å². The third-order valence-electron chi connectivity index (χ3n) is 3.04. The van der Waals surface area contributed by atoms with Crippen molar-refractivity contribution in [1.82, 2.24) is 10.6 Å². The fourth-order valence-corrected chi connectivity index (χ4v) is 1.76. The van der Waals surface area contributed by atoms with Crippen molar-refractivity contribution < 1.29 is 9.53 Å². The molecule has 0 aliphatic rings. The van der Waals surface area contributed by atoms with E-state index in [9.17, 15) is 4.79 Å². The fraction of sp³-hybridized carbons (Fsp3) is 0.533. The summed E-state index contributed by atoms with van der Waals surface area (Å²) in [6.07, 6.45) is 0.947. The van der Waals surface area contributed by atoms with E-state index in [0.29, 0.717) is 19.7 Å². The van der Waals surface area contributed by atoms with Gasteiger partial charge >= 0.3 is 0 Å². The van der Waals surface area contributed by atoms with Gasteiger partial charge in [0.15, 0.2) is 0 Å². The number of methoxy groups -OCH3 is 1. The number of ether oxygens (including phenoxy) is 1. The second kappa shape index (κ2) is 8.67. The van der Waals surface area contributed by atoms with Crippen LogP contribution < -0.4 is 10.6 Å². The Balaban J connectivity index is 2.38. The molecule has 1 atom stereocenters. The Labute approximate surface area is 115 Å². The number of carbonyl (C=O) groups excluding carboxylic acids is 1. The number of nitrogens with one attached hydrogen (secondary N) is 2. The van der Waals surface area contributed by atoms with E-state index in [1.807, 2.05) is 31.2 Å². The number of hydrogen-bond donors (Lipinski definition) is 2. The van der Waals surface area contributed by atoms with Gasteiger partial charge in [0.1, 0.15) is 0 Å². The number of rotatable bonds is 8. The van der Waals surface area contributed by atoms with Crippen LogP contribution in [0.1, 0.15) is 31.4 Å². The molecular formula is C15H24N2O2. The second-order valence-corrected chi connectivity index (χ2v) is 4.68. The lowest BCUT2D eigenvalue weighted by Crippen LogP contribution is -2.38.